The molecule has 9 nitrogen and oxygen atoms in total. The summed E-state index contributed by atoms with van der Waals surface area (Å²) in [6.07, 6.45) is 0.0439. The number of rotatable bonds is 5. The average Bonchev–Trinajstić information content (AvgIpc) is 3.08. The van der Waals surface area contributed by atoms with E-state index in [4.69, 9.17) is 14.2 Å². The van der Waals surface area contributed by atoms with Crippen molar-refractivity contribution < 1.29 is 19.0 Å². The summed E-state index contributed by atoms with van der Waals surface area (Å²) in [6.45, 7) is 5.10. The zero-order chi connectivity index (χ0) is 18.7. The van der Waals surface area contributed by atoms with Gasteiger partial charge in [-0.25, -0.2) is 0 Å². The highest BCUT2D eigenvalue weighted by atomic mass is 16.5. The van der Waals surface area contributed by atoms with Crippen LogP contribution in [0.2, 0.25) is 0 Å². The Bertz CT molecular complexity index is 768. The van der Waals surface area contributed by atoms with E-state index in [0.29, 0.717) is 30.4 Å². The van der Waals surface area contributed by atoms with E-state index in [-0.39, 0.29) is 24.7 Å². The molecule has 3 rings (SSSR count). The van der Waals surface area contributed by atoms with Gasteiger partial charge in [0.1, 0.15) is 6.54 Å². The second kappa shape index (κ2) is 7.69. The number of nitrogens with zero attached hydrogens (tertiary/aromatic N) is 5. The minimum atomic E-state index is -0.0525. The summed E-state index contributed by atoms with van der Waals surface area (Å²) >= 11 is 0. The Kier molecular flexibility index (Phi) is 5.36. The Morgan fingerprint density at radius 3 is 2.54 bits per heavy atom. The third kappa shape index (κ3) is 3.93. The first kappa shape index (κ1) is 18.1. The number of carbonyl (C=O) groups excluding carboxylic acids is 1. The van der Waals surface area contributed by atoms with Crippen LogP contribution in [0.1, 0.15) is 13.8 Å². The second-order valence-corrected chi connectivity index (χ2v) is 6.27. The molecule has 26 heavy (non-hydrogen) atoms. The van der Waals surface area contributed by atoms with Crippen LogP contribution < -0.4 is 9.47 Å². The molecule has 2 aromatic rings. The van der Waals surface area contributed by atoms with Gasteiger partial charge in [0.05, 0.1) is 26.4 Å². The van der Waals surface area contributed by atoms with Crippen molar-refractivity contribution in [1.82, 2.24) is 25.1 Å². The molecule has 1 aliphatic heterocycles. The Morgan fingerprint density at radius 1 is 1.19 bits per heavy atom. The van der Waals surface area contributed by atoms with E-state index in [1.54, 1.807) is 31.3 Å². The largest absolute Gasteiger partial charge is 0.493 e. The van der Waals surface area contributed by atoms with Crippen molar-refractivity contribution in [3.8, 4) is 22.9 Å². The Hall–Kier alpha value is -2.68. The average molecular weight is 361 g/mol. The van der Waals surface area contributed by atoms with Crippen LogP contribution in [0.3, 0.4) is 0 Å². The SMILES string of the molecule is COc1ccc(-c2nnn(CC(=O)N3C[C@H](C)O[C@@H](C)C3)n2)cc1OC. The zero-order valence-electron chi connectivity index (χ0n) is 15.4. The molecule has 1 aromatic heterocycles. The van der Waals surface area contributed by atoms with Crippen LogP contribution in [0.15, 0.2) is 18.2 Å². The van der Waals surface area contributed by atoms with Crippen molar-refractivity contribution in [2.24, 2.45) is 0 Å². The van der Waals surface area contributed by atoms with Gasteiger partial charge in [0.15, 0.2) is 11.5 Å². The summed E-state index contributed by atoms with van der Waals surface area (Å²) in [5, 5.41) is 12.3. The Balaban J connectivity index is 1.71. The van der Waals surface area contributed by atoms with Crippen molar-refractivity contribution in [3.05, 3.63) is 18.2 Å². The number of carbonyl (C=O) groups is 1. The smallest absolute Gasteiger partial charge is 0.246 e. The predicted octanol–water partition coefficient (Wildman–Crippen LogP) is 0.993. The lowest BCUT2D eigenvalue weighted by molar-refractivity contribution is -0.144. The summed E-state index contributed by atoms with van der Waals surface area (Å²) in [5.74, 6) is 1.56. The number of hydrogen-bond donors (Lipinski definition) is 0. The number of hydrogen-bond acceptors (Lipinski definition) is 7. The van der Waals surface area contributed by atoms with Gasteiger partial charge in [-0.05, 0) is 37.3 Å². The predicted molar refractivity (Wildman–Crippen MR) is 92.9 cm³/mol. The Morgan fingerprint density at radius 2 is 1.88 bits per heavy atom. The van der Waals surface area contributed by atoms with Gasteiger partial charge < -0.3 is 19.1 Å². The van der Waals surface area contributed by atoms with Gasteiger partial charge in [-0.1, -0.05) is 0 Å². The van der Waals surface area contributed by atoms with Gasteiger partial charge in [-0.2, -0.15) is 4.80 Å². The summed E-state index contributed by atoms with van der Waals surface area (Å²) < 4.78 is 16.2. The minimum absolute atomic E-state index is 0.0220. The number of methoxy groups -OCH3 is 2. The number of ether oxygens (including phenoxy) is 3. The van der Waals surface area contributed by atoms with Gasteiger partial charge in [-0.15, -0.1) is 10.2 Å². The third-order valence-corrected chi connectivity index (χ3v) is 4.14. The lowest BCUT2D eigenvalue weighted by Crippen LogP contribution is -2.49. The summed E-state index contributed by atoms with van der Waals surface area (Å²) in [4.78, 5) is 15.6. The first-order valence-electron chi connectivity index (χ1n) is 8.43. The summed E-state index contributed by atoms with van der Waals surface area (Å²) in [6, 6.07) is 5.36. The first-order chi connectivity index (χ1) is 12.5. The molecule has 9 heteroatoms. The van der Waals surface area contributed by atoms with Crippen LogP contribution in [-0.2, 0) is 16.1 Å². The first-order valence-corrected chi connectivity index (χ1v) is 8.43. The molecule has 1 fully saturated rings. The van der Waals surface area contributed by atoms with Crippen LogP contribution >= 0.6 is 0 Å². The lowest BCUT2D eigenvalue weighted by atomic mass is 10.2. The van der Waals surface area contributed by atoms with Gasteiger partial charge in [0.25, 0.3) is 0 Å². The zero-order valence-corrected chi connectivity index (χ0v) is 15.4. The normalized spacial score (nSPS) is 20.1. The monoisotopic (exact) mass is 361 g/mol. The molecule has 0 N–H and O–H groups in total. The molecule has 0 aliphatic carbocycles. The quantitative estimate of drug-likeness (QED) is 0.784. The van der Waals surface area contributed by atoms with Gasteiger partial charge in [0, 0.05) is 18.7 Å². The van der Waals surface area contributed by atoms with Crippen molar-refractivity contribution in [2.75, 3.05) is 27.3 Å². The van der Waals surface area contributed by atoms with Crippen LogP contribution in [0.25, 0.3) is 11.4 Å². The topological polar surface area (TPSA) is 91.6 Å². The van der Waals surface area contributed by atoms with Crippen molar-refractivity contribution in [2.45, 2.75) is 32.6 Å². The maximum atomic E-state index is 12.5. The molecule has 2 atom stereocenters. The van der Waals surface area contributed by atoms with Crippen LogP contribution in [0.5, 0.6) is 11.5 Å². The van der Waals surface area contributed by atoms with E-state index in [9.17, 15) is 4.79 Å². The van der Waals surface area contributed by atoms with E-state index in [1.165, 1.54) is 4.80 Å². The summed E-state index contributed by atoms with van der Waals surface area (Å²) in [5.41, 5.74) is 0.731. The highest BCUT2D eigenvalue weighted by Gasteiger charge is 2.26. The Labute approximate surface area is 151 Å². The van der Waals surface area contributed by atoms with E-state index < -0.39 is 0 Å². The van der Waals surface area contributed by atoms with Gasteiger partial charge in [0.2, 0.25) is 11.7 Å². The number of aromatic nitrogens is 4. The van der Waals surface area contributed by atoms with Gasteiger partial charge >= 0.3 is 0 Å². The molecule has 2 heterocycles. The second-order valence-electron chi connectivity index (χ2n) is 6.27. The van der Waals surface area contributed by atoms with E-state index >= 15 is 0 Å². The molecule has 1 aromatic carbocycles. The van der Waals surface area contributed by atoms with Crippen LogP contribution in [0.4, 0.5) is 0 Å². The highest BCUT2D eigenvalue weighted by Crippen LogP contribution is 2.30. The molecular formula is C17H23N5O4. The fourth-order valence-corrected chi connectivity index (χ4v) is 3.00. The van der Waals surface area contributed by atoms with Crippen molar-refractivity contribution in [1.29, 1.82) is 0 Å². The molecule has 0 spiro atoms. The number of morpholine rings is 1. The minimum Gasteiger partial charge on any atom is -0.493 e. The fraction of sp³-hybridized carbons (Fsp3) is 0.529. The number of amides is 1. The maximum Gasteiger partial charge on any atom is 0.246 e. The van der Waals surface area contributed by atoms with Gasteiger partial charge in [-0.3, -0.25) is 4.79 Å². The van der Waals surface area contributed by atoms with Crippen molar-refractivity contribution >= 4 is 5.91 Å². The fourth-order valence-electron chi connectivity index (χ4n) is 3.00. The highest BCUT2D eigenvalue weighted by molar-refractivity contribution is 5.76. The molecule has 140 valence electrons. The van der Waals surface area contributed by atoms with E-state index in [2.05, 4.69) is 15.4 Å². The van der Waals surface area contributed by atoms with Crippen LogP contribution in [-0.4, -0.2) is 70.5 Å². The molecule has 0 radical (unpaired) electrons. The van der Waals surface area contributed by atoms with E-state index in [1.807, 2.05) is 19.9 Å². The standard InChI is InChI=1S/C17H23N5O4/c1-11-8-21(9-12(2)26-11)16(23)10-22-19-17(18-20-22)13-5-6-14(24-3)15(7-13)25-4/h5-7,11-12H,8-10H2,1-4H3/t11-,12-/m0/s1. The van der Waals surface area contributed by atoms with Crippen LogP contribution in [0, 0.1) is 0 Å². The third-order valence-electron chi connectivity index (χ3n) is 4.14. The van der Waals surface area contributed by atoms with E-state index in [0.717, 1.165) is 5.56 Å². The lowest BCUT2D eigenvalue weighted by Gasteiger charge is -2.35. The molecule has 1 saturated heterocycles. The molecule has 0 unspecified atom stereocenters. The van der Waals surface area contributed by atoms with Crippen molar-refractivity contribution in [3.63, 3.8) is 0 Å². The molecule has 1 aliphatic rings. The molecular weight excluding hydrogens is 338 g/mol. The maximum absolute atomic E-state index is 12.5. The summed E-state index contributed by atoms with van der Waals surface area (Å²) in [7, 11) is 3.14. The molecule has 0 bridgehead atoms. The molecule has 0 saturated carbocycles. The number of benzene rings is 1. The molecule has 1 amide bonds. The number of tetrazole rings is 1.